The van der Waals surface area contributed by atoms with Gasteiger partial charge in [0.15, 0.2) is 5.96 Å². The SMILES string of the molecule is CN=C(NCc1cccc(F)c1)NCc1cccc(COC(C)(C)C)c1.I. The summed E-state index contributed by atoms with van der Waals surface area (Å²) in [7, 11) is 1.72. The standard InChI is InChI=1S/C21H28FN3O.HI/c1-21(2,3)26-15-18-9-5-7-16(11-18)13-24-20(23-4)25-14-17-8-6-10-19(22)12-17;/h5-12H,13-15H2,1-4H3,(H2,23,24,25);1H. The van der Waals surface area contributed by atoms with Crippen LogP contribution in [0.25, 0.3) is 0 Å². The van der Waals surface area contributed by atoms with Crippen LogP contribution in [0.5, 0.6) is 0 Å². The first-order chi connectivity index (χ1) is 12.4. The van der Waals surface area contributed by atoms with Gasteiger partial charge in [0.1, 0.15) is 5.82 Å². The molecule has 2 aromatic rings. The maximum atomic E-state index is 13.2. The maximum Gasteiger partial charge on any atom is 0.191 e. The highest BCUT2D eigenvalue weighted by Crippen LogP contribution is 2.13. The summed E-state index contributed by atoms with van der Waals surface area (Å²) in [6, 6.07) is 14.8. The van der Waals surface area contributed by atoms with E-state index in [1.54, 1.807) is 13.1 Å². The number of hydrogen-bond acceptors (Lipinski definition) is 2. The van der Waals surface area contributed by atoms with Crippen molar-refractivity contribution in [1.29, 1.82) is 0 Å². The fourth-order valence-corrected chi connectivity index (χ4v) is 2.37. The van der Waals surface area contributed by atoms with Crippen molar-refractivity contribution >= 4 is 29.9 Å². The van der Waals surface area contributed by atoms with Crippen LogP contribution in [0.3, 0.4) is 0 Å². The second kappa shape index (κ2) is 11.2. The van der Waals surface area contributed by atoms with Crippen molar-refractivity contribution in [3.05, 3.63) is 71.0 Å². The first-order valence-electron chi connectivity index (χ1n) is 8.76. The molecule has 0 spiro atoms. The van der Waals surface area contributed by atoms with Gasteiger partial charge in [0.05, 0.1) is 12.2 Å². The Hall–Kier alpha value is -1.67. The van der Waals surface area contributed by atoms with E-state index in [4.69, 9.17) is 4.74 Å². The third kappa shape index (κ3) is 9.19. The summed E-state index contributed by atoms with van der Waals surface area (Å²) in [6.07, 6.45) is 0. The molecule has 0 aromatic heterocycles. The first kappa shape index (κ1) is 23.4. The normalized spacial score (nSPS) is 11.7. The number of ether oxygens (including phenoxy) is 1. The molecule has 0 fully saturated rings. The zero-order chi connectivity index (χ0) is 19.0. The van der Waals surface area contributed by atoms with Gasteiger partial charge >= 0.3 is 0 Å². The summed E-state index contributed by atoms with van der Waals surface area (Å²) in [5.41, 5.74) is 3.00. The second-order valence-electron chi connectivity index (χ2n) is 7.13. The van der Waals surface area contributed by atoms with Crippen LogP contribution in [-0.2, 0) is 24.4 Å². The van der Waals surface area contributed by atoms with Gasteiger partial charge in [0.2, 0.25) is 0 Å². The summed E-state index contributed by atoms with van der Waals surface area (Å²) in [6.45, 7) is 7.89. The van der Waals surface area contributed by atoms with Gasteiger partial charge in [-0.3, -0.25) is 4.99 Å². The van der Waals surface area contributed by atoms with Crippen molar-refractivity contribution in [3.8, 4) is 0 Å². The van der Waals surface area contributed by atoms with Crippen molar-refractivity contribution in [1.82, 2.24) is 10.6 Å². The van der Waals surface area contributed by atoms with Crippen LogP contribution in [-0.4, -0.2) is 18.6 Å². The van der Waals surface area contributed by atoms with Gasteiger partial charge in [-0.05, 0) is 49.6 Å². The number of rotatable bonds is 6. The Balaban J connectivity index is 0.00000364. The van der Waals surface area contributed by atoms with Gasteiger partial charge < -0.3 is 15.4 Å². The Morgan fingerprint density at radius 2 is 1.52 bits per heavy atom. The predicted octanol–water partition coefficient (Wildman–Crippen LogP) is 4.62. The molecule has 2 aromatic carbocycles. The Morgan fingerprint density at radius 1 is 0.963 bits per heavy atom. The van der Waals surface area contributed by atoms with E-state index in [0.717, 1.165) is 16.7 Å². The molecule has 0 heterocycles. The van der Waals surface area contributed by atoms with Gasteiger partial charge in [-0.1, -0.05) is 36.4 Å². The fraction of sp³-hybridized carbons (Fsp3) is 0.381. The lowest BCUT2D eigenvalue weighted by Gasteiger charge is -2.19. The van der Waals surface area contributed by atoms with E-state index in [0.29, 0.717) is 25.7 Å². The van der Waals surface area contributed by atoms with E-state index >= 15 is 0 Å². The molecule has 0 aliphatic heterocycles. The minimum absolute atomic E-state index is 0. The van der Waals surface area contributed by atoms with Gasteiger partial charge in [-0.15, -0.1) is 24.0 Å². The van der Waals surface area contributed by atoms with E-state index in [2.05, 4.69) is 33.8 Å². The molecule has 148 valence electrons. The Morgan fingerprint density at radius 3 is 2.07 bits per heavy atom. The van der Waals surface area contributed by atoms with Crippen LogP contribution in [0.15, 0.2) is 53.5 Å². The van der Waals surface area contributed by atoms with Crippen LogP contribution in [0, 0.1) is 5.82 Å². The van der Waals surface area contributed by atoms with Crippen molar-refractivity contribution in [2.75, 3.05) is 7.05 Å². The molecule has 0 aliphatic rings. The minimum atomic E-state index is -0.235. The van der Waals surface area contributed by atoms with Crippen LogP contribution in [0.4, 0.5) is 4.39 Å². The lowest BCUT2D eigenvalue weighted by molar-refractivity contribution is -0.0149. The zero-order valence-corrected chi connectivity index (χ0v) is 18.7. The van der Waals surface area contributed by atoms with E-state index in [1.165, 1.54) is 12.1 Å². The summed E-state index contributed by atoms with van der Waals surface area (Å²) >= 11 is 0. The van der Waals surface area contributed by atoms with E-state index in [9.17, 15) is 4.39 Å². The highest BCUT2D eigenvalue weighted by atomic mass is 127. The summed E-state index contributed by atoms with van der Waals surface area (Å²) in [5.74, 6) is 0.437. The van der Waals surface area contributed by atoms with Crippen LogP contribution in [0.1, 0.15) is 37.5 Å². The molecular weight excluding hydrogens is 456 g/mol. The Kier molecular flexibility index (Phi) is 9.73. The van der Waals surface area contributed by atoms with Crippen molar-refractivity contribution in [2.24, 2.45) is 4.99 Å². The second-order valence-corrected chi connectivity index (χ2v) is 7.13. The van der Waals surface area contributed by atoms with Gasteiger partial charge in [0.25, 0.3) is 0 Å². The molecule has 0 unspecified atom stereocenters. The van der Waals surface area contributed by atoms with E-state index in [-0.39, 0.29) is 35.4 Å². The third-order valence-corrected chi connectivity index (χ3v) is 3.70. The fourth-order valence-electron chi connectivity index (χ4n) is 2.37. The molecule has 0 bridgehead atoms. The number of halogens is 2. The molecular formula is C21H29FIN3O. The number of hydrogen-bond donors (Lipinski definition) is 2. The first-order valence-corrected chi connectivity index (χ1v) is 8.76. The molecule has 0 radical (unpaired) electrons. The monoisotopic (exact) mass is 485 g/mol. The summed E-state index contributed by atoms with van der Waals surface area (Å²) in [5, 5.41) is 6.46. The molecule has 6 heteroatoms. The van der Waals surface area contributed by atoms with Crippen LogP contribution in [0.2, 0.25) is 0 Å². The molecule has 0 aliphatic carbocycles. The van der Waals surface area contributed by atoms with Crippen LogP contribution < -0.4 is 10.6 Å². The average molecular weight is 485 g/mol. The Labute approximate surface area is 178 Å². The number of aliphatic imine (C=N–C) groups is 1. The predicted molar refractivity (Wildman–Crippen MR) is 120 cm³/mol. The minimum Gasteiger partial charge on any atom is -0.371 e. The quantitative estimate of drug-likeness (QED) is 0.357. The summed E-state index contributed by atoms with van der Waals surface area (Å²) in [4.78, 5) is 4.21. The average Bonchev–Trinajstić information content (AvgIpc) is 2.60. The molecule has 0 saturated heterocycles. The lowest BCUT2D eigenvalue weighted by atomic mass is 10.1. The molecule has 0 atom stereocenters. The molecule has 2 N–H and O–H groups in total. The van der Waals surface area contributed by atoms with E-state index in [1.807, 2.05) is 32.9 Å². The van der Waals surface area contributed by atoms with E-state index < -0.39 is 0 Å². The molecule has 0 saturated carbocycles. The molecule has 0 amide bonds. The summed E-state index contributed by atoms with van der Waals surface area (Å²) < 4.78 is 19.1. The van der Waals surface area contributed by atoms with Crippen molar-refractivity contribution in [3.63, 3.8) is 0 Å². The highest BCUT2D eigenvalue weighted by Gasteiger charge is 2.10. The Bertz CT molecular complexity index is 744. The smallest absolute Gasteiger partial charge is 0.191 e. The third-order valence-electron chi connectivity index (χ3n) is 3.70. The van der Waals surface area contributed by atoms with Gasteiger partial charge in [-0.2, -0.15) is 0 Å². The van der Waals surface area contributed by atoms with Crippen molar-refractivity contribution < 1.29 is 9.13 Å². The number of nitrogens with zero attached hydrogens (tertiary/aromatic N) is 1. The largest absolute Gasteiger partial charge is 0.371 e. The highest BCUT2D eigenvalue weighted by molar-refractivity contribution is 14.0. The zero-order valence-electron chi connectivity index (χ0n) is 16.4. The van der Waals surface area contributed by atoms with Gasteiger partial charge in [-0.25, -0.2) is 4.39 Å². The van der Waals surface area contributed by atoms with Crippen molar-refractivity contribution in [2.45, 2.75) is 46.1 Å². The maximum absolute atomic E-state index is 13.2. The topological polar surface area (TPSA) is 45.7 Å². The van der Waals surface area contributed by atoms with Gasteiger partial charge in [0, 0.05) is 20.1 Å². The molecule has 2 rings (SSSR count). The number of guanidine groups is 1. The number of benzene rings is 2. The molecule has 27 heavy (non-hydrogen) atoms. The van der Waals surface area contributed by atoms with Crippen LogP contribution >= 0.6 is 24.0 Å². The number of nitrogens with one attached hydrogen (secondary N) is 2. The lowest BCUT2D eigenvalue weighted by Crippen LogP contribution is -2.36. The molecule has 4 nitrogen and oxygen atoms in total.